The lowest BCUT2D eigenvalue weighted by molar-refractivity contribution is -0.135. The van der Waals surface area contributed by atoms with Crippen LogP contribution in [0.2, 0.25) is 0 Å². The number of rotatable bonds is 3. The molecule has 1 aromatic heterocycles. The predicted octanol–water partition coefficient (Wildman–Crippen LogP) is 1.90. The SMILES string of the molecule is CC(C)C(=O)N1CCC(c2nc3c(c(=O)[nH]2)CCN(C(C)C)C3)CC1. The third-order valence-corrected chi connectivity index (χ3v) is 5.54. The number of hydrogen-bond donors (Lipinski definition) is 1. The largest absolute Gasteiger partial charge is 0.342 e. The highest BCUT2D eigenvalue weighted by molar-refractivity contribution is 5.78. The fraction of sp³-hybridized carbons (Fsp3) is 0.737. The average molecular weight is 346 g/mol. The summed E-state index contributed by atoms with van der Waals surface area (Å²) in [6.45, 7) is 11.4. The van der Waals surface area contributed by atoms with Crippen molar-refractivity contribution >= 4 is 5.91 Å². The van der Waals surface area contributed by atoms with Crippen molar-refractivity contribution in [1.82, 2.24) is 19.8 Å². The summed E-state index contributed by atoms with van der Waals surface area (Å²) in [7, 11) is 0. The lowest BCUT2D eigenvalue weighted by Crippen LogP contribution is -2.41. The summed E-state index contributed by atoms with van der Waals surface area (Å²) in [6, 6.07) is 0.461. The Kier molecular flexibility index (Phi) is 5.27. The van der Waals surface area contributed by atoms with Gasteiger partial charge in [-0.2, -0.15) is 0 Å². The van der Waals surface area contributed by atoms with E-state index in [0.717, 1.165) is 62.5 Å². The zero-order valence-electron chi connectivity index (χ0n) is 15.8. The molecule has 0 unspecified atom stereocenters. The Balaban J connectivity index is 1.74. The first kappa shape index (κ1) is 18.1. The molecule has 2 aliphatic heterocycles. The molecule has 1 N–H and O–H groups in total. The van der Waals surface area contributed by atoms with Gasteiger partial charge in [-0.1, -0.05) is 13.8 Å². The van der Waals surface area contributed by atoms with E-state index in [9.17, 15) is 9.59 Å². The highest BCUT2D eigenvalue weighted by Crippen LogP contribution is 2.27. The van der Waals surface area contributed by atoms with Gasteiger partial charge in [0, 0.05) is 49.6 Å². The summed E-state index contributed by atoms with van der Waals surface area (Å²) in [4.78, 5) is 36.8. The number of carbonyl (C=O) groups excluding carboxylic acids is 1. The van der Waals surface area contributed by atoms with Crippen molar-refractivity contribution in [3.63, 3.8) is 0 Å². The standard InChI is InChI=1S/C19H30N4O2/c1-12(2)19(25)22-8-5-14(6-9-22)17-20-16-11-23(13(3)4)10-7-15(16)18(24)21-17/h12-14H,5-11H2,1-4H3,(H,20,21,24). The first-order valence-corrected chi connectivity index (χ1v) is 9.51. The van der Waals surface area contributed by atoms with Crippen LogP contribution >= 0.6 is 0 Å². The summed E-state index contributed by atoms with van der Waals surface area (Å²) >= 11 is 0. The van der Waals surface area contributed by atoms with Crippen LogP contribution in [0.25, 0.3) is 0 Å². The normalized spacial score (nSPS) is 19.5. The van der Waals surface area contributed by atoms with E-state index in [1.165, 1.54) is 0 Å². The van der Waals surface area contributed by atoms with Gasteiger partial charge in [0.15, 0.2) is 0 Å². The van der Waals surface area contributed by atoms with Crippen molar-refractivity contribution in [2.45, 2.75) is 65.5 Å². The van der Waals surface area contributed by atoms with E-state index >= 15 is 0 Å². The third kappa shape index (κ3) is 3.78. The van der Waals surface area contributed by atoms with Crippen molar-refractivity contribution in [3.05, 3.63) is 27.4 Å². The fourth-order valence-corrected chi connectivity index (χ4v) is 3.85. The Morgan fingerprint density at radius 3 is 2.44 bits per heavy atom. The van der Waals surface area contributed by atoms with Gasteiger partial charge < -0.3 is 9.88 Å². The molecule has 0 spiro atoms. The number of aromatic amines is 1. The minimum absolute atomic E-state index is 0.0316. The van der Waals surface area contributed by atoms with Crippen molar-refractivity contribution in [2.24, 2.45) is 5.92 Å². The van der Waals surface area contributed by atoms with E-state index in [4.69, 9.17) is 4.98 Å². The monoisotopic (exact) mass is 346 g/mol. The summed E-state index contributed by atoms with van der Waals surface area (Å²) in [5.41, 5.74) is 1.83. The van der Waals surface area contributed by atoms with E-state index in [-0.39, 0.29) is 23.3 Å². The fourth-order valence-electron chi connectivity index (χ4n) is 3.85. The molecule has 3 rings (SSSR count). The van der Waals surface area contributed by atoms with Crippen LogP contribution in [0.15, 0.2) is 4.79 Å². The molecule has 3 heterocycles. The van der Waals surface area contributed by atoms with Crippen molar-refractivity contribution in [2.75, 3.05) is 19.6 Å². The smallest absolute Gasteiger partial charge is 0.254 e. The van der Waals surface area contributed by atoms with Crippen LogP contribution in [0.5, 0.6) is 0 Å². The molecule has 1 fully saturated rings. The Morgan fingerprint density at radius 2 is 1.84 bits per heavy atom. The number of aromatic nitrogens is 2. The molecule has 0 radical (unpaired) electrons. The minimum atomic E-state index is 0.0316. The summed E-state index contributed by atoms with van der Waals surface area (Å²) in [5, 5.41) is 0. The topological polar surface area (TPSA) is 69.3 Å². The number of piperidine rings is 1. The predicted molar refractivity (Wildman–Crippen MR) is 97.5 cm³/mol. The molecular formula is C19H30N4O2. The second kappa shape index (κ2) is 7.28. The average Bonchev–Trinajstić information content (AvgIpc) is 2.60. The van der Waals surface area contributed by atoms with Crippen LogP contribution in [-0.2, 0) is 17.8 Å². The van der Waals surface area contributed by atoms with Crippen molar-refractivity contribution in [1.29, 1.82) is 0 Å². The van der Waals surface area contributed by atoms with E-state index in [0.29, 0.717) is 6.04 Å². The number of nitrogens with one attached hydrogen (secondary N) is 1. The van der Waals surface area contributed by atoms with Gasteiger partial charge in [0.05, 0.1) is 5.69 Å². The molecule has 138 valence electrons. The molecule has 1 amide bonds. The Hall–Kier alpha value is -1.69. The number of nitrogens with zero attached hydrogens (tertiary/aromatic N) is 3. The number of amides is 1. The van der Waals surface area contributed by atoms with Gasteiger partial charge in [0.25, 0.3) is 5.56 Å². The molecule has 6 heteroatoms. The molecule has 1 saturated heterocycles. The van der Waals surface area contributed by atoms with Gasteiger partial charge >= 0.3 is 0 Å². The maximum absolute atomic E-state index is 12.5. The molecule has 2 aliphatic rings. The first-order valence-electron chi connectivity index (χ1n) is 9.51. The van der Waals surface area contributed by atoms with Gasteiger partial charge in [-0.05, 0) is 33.1 Å². The zero-order valence-corrected chi connectivity index (χ0v) is 15.8. The van der Waals surface area contributed by atoms with Gasteiger partial charge in [-0.15, -0.1) is 0 Å². The zero-order chi connectivity index (χ0) is 18.1. The van der Waals surface area contributed by atoms with Crippen LogP contribution in [0, 0.1) is 5.92 Å². The highest BCUT2D eigenvalue weighted by Gasteiger charge is 2.28. The van der Waals surface area contributed by atoms with Crippen molar-refractivity contribution in [3.8, 4) is 0 Å². The molecule has 0 aromatic carbocycles. The highest BCUT2D eigenvalue weighted by atomic mass is 16.2. The molecule has 0 atom stereocenters. The molecule has 0 aliphatic carbocycles. The lowest BCUT2D eigenvalue weighted by atomic mass is 9.94. The molecule has 25 heavy (non-hydrogen) atoms. The Morgan fingerprint density at radius 1 is 1.16 bits per heavy atom. The number of fused-ring (bicyclic) bond motifs is 1. The molecule has 6 nitrogen and oxygen atoms in total. The van der Waals surface area contributed by atoms with Crippen LogP contribution in [0.4, 0.5) is 0 Å². The maximum Gasteiger partial charge on any atom is 0.254 e. The van der Waals surface area contributed by atoms with Gasteiger partial charge in [-0.25, -0.2) is 4.98 Å². The molecule has 1 aromatic rings. The minimum Gasteiger partial charge on any atom is -0.342 e. The van der Waals surface area contributed by atoms with Crippen LogP contribution in [-0.4, -0.2) is 51.4 Å². The van der Waals surface area contributed by atoms with Gasteiger partial charge in [0.2, 0.25) is 5.91 Å². The second-order valence-corrected chi connectivity index (χ2v) is 7.94. The van der Waals surface area contributed by atoms with E-state index in [1.807, 2.05) is 18.7 Å². The second-order valence-electron chi connectivity index (χ2n) is 7.94. The lowest BCUT2D eigenvalue weighted by Gasteiger charge is -2.34. The molecule has 0 bridgehead atoms. The van der Waals surface area contributed by atoms with Crippen LogP contribution in [0.1, 0.15) is 63.5 Å². The first-order chi connectivity index (χ1) is 11.9. The number of carbonyl (C=O) groups is 1. The van der Waals surface area contributed by atoms with Gasteiger partial charge in [0.1, 0.15) is 5.82 Å². The molecule has 0 saturated carbocycles. The quantitative estimate of drug-likeness (QED) is 0.907. The van der Waals surface area contributed by atoms with Crippen LogP contribution in [0.3, 0.4) is 0 Å². The number of likely N-dealkylation sites (tertiary alicyclic amines) is 1. The summed E-state index contributed by atoms with van der Waals surface area (Å²) in [5.74, 6) is 1.31. The van der Waals surface area contributed by atoms with Gasteiger partial charge in [-0.3, -0.25) is 14.5 Å². The Labute approximate surface area is 149 Å². The molecular weight excluding hydrogens is 316 g/mol. The number of H-pyrrole nitrogens is 1. The number of hydrogen-bond acceptors (Lipinski definition) is 4. The van der Waals surface area contributed by atoms with Crippen molar-refractivity contribution < 1.29 is 4.79 Å². The van der Waals surface area contributed by atoms with Crippen LogP contribution < -0.4 is 5.56 Å². The summed E-state index contributed by atoms with van der Waals surface area (Å²) in [6.07, 6.45) is 2.51. The Bertz CT molecular complexity index is 687. The van der Waals surface area contributed by atoms with E-state index in [2.05, 4.69) is 23.7 Å². The van der Waals surface area contributed by atoms with E-state index in [1.54, 1.807) is 0 Å². The third-order valence-electron chi connectivity index (χ3n) is 5.54. The summed E-state index contributed by atoms with van der Waals surface area (Å²) < 4.78 is 0. The maximum atomic E-state index is 12.5. The van der Waals surface area contributed by atoms with E-state index < -0.39 is 0 Å².